The molecule has 0 bridgehead atoms. The van der Waals surface area contributed by atoms with Crippen LogP contribution < -0.4 is 4.72 Å². The number of nitrogens with one attached hydrogen (secondary N) is 1. The summed E-state index contributed by atoms with van der Waals surface area (Å²) in [4.78, 5) is 3.55. The van der Waals surface area contributed by atoms with Crippen molar-refractivity contribution in [1.29, 1.82) is 5.26 Å². The Bertz CT molecular complexity index is 1120. The van der Waals surface area contributed by atoms with Gasteiger partial charge in [0, 0.05) is 0 Å². The maximum absolute atomic E-state index is 13.3. The molecule has 1 N–H and O–H groups in total. The summed E-state index contributed by atoms with van der Waals surface area (Å²) in [5, 5.41) is 13.0. The molecule has 0 saturated carbocycles. The highest BCUT2D eigenvalue weighted by molar-refractivity contribution is 7.92. The van der Waals surface area contributed by atoms with Crippen molar-refractivity contribution in [3.05, 3.63) is 65.5 Å². The van der Waals surface area contributed by atoms with E-state index in [9.17, 15) is 17.2 Å². The summed E-state index contributed by atoms with van der Waals surface area (Å²) in [5.74, 6) is -2.27. The summed E-state index contributed by atoms with van der Waals surface area (Å²) in [7, 11) is -4.21. The van der Waals surface area contributed by atoms with E-state index in [2.05, 4.69) is 14.8 Å². The van der Waals surface area contributed by atoms with Crippen LogP contribution in [0.5, 0.6) is 0 Å². The number of hydrogen-bond acceptors (Lipinski definition) is 5. The maximum Gasteiger partial charge on any atom is 0.264 e. The lowest BCUT2D eigenvalue weighted by Gasteiger charge is -2.09. The Kier molecular flexibility index (Phi) is 4.40. The van der Waals surface area contributed by atoms with E-state index in [0.29, 0.717) is 17.3 Å². The summed E-state index contributed by atoms with van der Waals surface area (Å²) in [5.41, 5.74) is 0.891. The molecule has 0 aliphatic heterocycles. The van der Waals surface area contributed by atoms with Crippen LogP contribution in [-0.4, -0.2) is 23.2 Å². The number of aryl methyl sites for hydroxylation is 1. The van der Waals surface area contributed by atoms with Gasteiger partial charge in [-0.3, -0.25) is 0 Å². The smallest absolute Gasteiger partial charge is 0.247 e. The van der Waals surface area contributed by atoms with Gasteiger partial charge in [0.05, 0.1) is 22.2 Å². The summed E-state index contributed by atoms with van der Waals surface area (Å²) in [6.07, 6.45) is 0. The fourth-order valence-electron chi connectivity index (χ4n) is 2.16. The minimum atomic E-state index is -4.21. The molecule has 2 aromatic carbocycles. The van der Waals surface area contributed by atoms with Crippen molar-refractivity contribution in [2.45, 2.75) is 11.8 Å². The highest BCUT2D eigenvalue weighted by atomic mass is 32.2. The van der Waals surface area contributed by atoms with Gasteiger partial charge in [0.2, 0.25) is 5.95 Å². The van der Waals surface area contributed by atoms with Crippen molar-refractivity contribution in [2.24, 2.45) is 0 Å². The van der Waals surface area contributed by atoms with Crippen LogP contribution in [0, 0.1) is 29.9 Å². The number of anilines is 1. The zero-order valence-electron chi connectivity index (χ0n) is 13.3. The van der Waals surface area contributed by atoms with Gasteiger partial charge in [-0.1, -0.05) is 0 Å². The number of rotatable bonds is 4. The average Bonchev–Trinajstić information content (AvgIpc) is 2.96. The maximum atomic E-state index is 13.3. The second kappa shape index (κ2) is 6.53. The first kappa shape index (κ1) is 17.5. The summed E-state index contributed by atoms with van der Waals surface area (Å²) in [6, 6.07) is 10.4. The van der Waals surface area contributed by atoms with Crippen LogP contribution in [0.4, 0.5) is 14.7 Å². The topological polar surface area (TPSA) is 101 Å². The van der Waals surface area contributed by atoms with E-state index in [-0.39, 0.29) is 11.8 Å². The van der Waals surface area contributed by atoms with Crippen LogP contribution in [0.15, 0.2) is 47.4 Å². The number of hydrogen-bond donors (Lipinski definition) is 1. The molecule has 132 valence electrons. The molecular weight excluding hydrogens is 364 g/mol. The van der Waals surface area contributed by atoms with Gasteiger partial charge in [0.15, 0.2) is 11.6 Å². The van der Waals surface area contributed by atoms with E-state index in [0.717, 1.165) is 12.1 Å². The molecule has 0 fully saturated rings. The first-order chi connectivity index (χ1) is 12.3. The Morgan fingerprint density at radius 1 is 1.12 bits per heavy atom. The SMILES string of the molecule is Cc1nc(NS(=O)(=O)c2ccc(F)c(F)c2)n(-c2ccc(C#N)cc2)n1. The molecule has 0 amide bonds. The van der Waals surface area contributed by atoms with E-state index < -0.39 is 26.6 Å². The molecule has 1 heterocycles. The Labute approximate surface area is 147 Å². The molecule has 0 radical (unpaired) electrons. The van der Waals surface area contributed by atoms with E-state index >= 15 is 0 Å². The van der Waals surface area contributed by atoms with E-state index in [4.69, 9.17) is 5.26 Å². The molecule has 0 saturated heterocycles. The van der Waals surface area contributed by atoms with Crippen molar-refractivity contribution in [1.82, 2.24) is 14.8 Å². The Balaban J connectivity index is 1.99. The lowest BCUT2D eigenvalue weighted by atomic mass is 10.2. The van der Waals surface area contributed by atoms with Crippen LogP contribution in [0.25, 0.3) is 5.69 Å². The molecular formula is C16H11F2N5O2S. The van der Waals surface area contributed by atoms with Crippen molar-refractivity contribution >= 4 is 16.0 Å². The number of halogens is 2. The molecule has 7 nitrogen and oxygen atoms in total. The molecule has 10 heteroatoms. The third-order valence-corrected chi connectivity index (χ3v) is 4.71. The van der Waals surface area contributed by atoms with E-state index in [1.54, 1.807) is 31.2 Å². The summed E-state index contributed by atoms with van der Waals surface area (Å²) >= 11 is 0. The molecule has 0 atom stereocenters. The molecule has 1 aromatic heterocycles. The normalized spacial score (nSPS) is 11.2. The lowest BCUT2D eigenvalue weighted by Crippen LogP contribution is -2.17. The lowest BCUT2D eigenvalue weighted by molar-refractivity contribution is 0.504. The second-order valence-electron chi connectivity index (χ2n) is 5.23. The summed E-state index contributed by atoms with van der Waals surface area (Å²) < 4.78 is 54.7. The van der Waals surface area contributed by atoms with E-state index in [1.807, 2.05) is 6.07 Å². The minimum absolute atomic E-state index is 0.128. The monoisotopic (exact) mass is 375 g/mol. The van der Waals surface area contributed by atoms with Crippen molar-refractivity contribution < 1.29 is 17.2 Å². The molecule has 3 rings (SSSR count). The zero-order chi connectivity index (χ0) is 18.9. The average molecular weight is 375 g/mol. The first-order valence-corrected chi connectivity index (χ1v) is 8.70. The van der Waals surface area contributed by atoms with Gasteiger partial charge in [0.25, 0.3) is 10.0 Å². The largest absolute Gasteiger partial charge is 0.264 e. The zero-order valence-corrected chi connectivity index (χ0v) is 14.1. The van der Waals surface area contributed by atoms with Crippen molar-refractivity contribution in [3.63, 3.8) is 0 Å². The highest BCUT2D eigenvalue weighted by Crippen LogP contribution is 2.20. The van der Waals surface area contributed by atoms with Crippen LogP contribution in [0.3, 0.4) is 0 Å². The Morgan fingerprint density at radius 2 is 1.81 bits per heavy atom. The Hall–Kier alpha value is -3.32. The third kappa shape index (κ3) is 3.38. The van der Waals surface area contributed by atoms with Gasteiger partial charge < -0.3 is 0 Å². The van der Waals surface area contributed by atoms with Gasteiger partial charge in [0.1, 0.15) is 5.82 Å². The molecule has 26 heavy (non-hydrogen) atoms. The van der Waals surface area contributed by atoms with Gasteiger partial charge in [-0.05, 0) is 49.4 Å². The van der Waals surface area contributed by atoms with E-state index in [1.165, 1.54) is 4.68 Å². The van der Waals surface area contributed by atoms with Gasteiger partial charge >= 0.3 is 0 Å². The predicted octanol–water partition coefficient (Wildman–Crippen LogP) is 2.53. The number of sulfonamides is 1. The molecule has 0 aliphatic rings. The van der Waals surface area contributed by atoms with Gasteiger partial charge in [-0.2, -0.15) is 14.9 Å². The minimum Gasteiger partial charge on any atom is -0.247 e. The van der Waals surface area contributed by atoms with Gasteiger partial charge in [-0.25, -0.2) is 21.9 Å². The molecule has 0 unspecified atom stereocenters. The van der Waals surface area contributed by atoms with Crippen molar-refractivity contribution in [3.8, 4) is 11.8 Å². The quantitative estimate of drug-likeness (QED) is 0.755. The fourth-order valence-corrected chi connectivity index (χ4v) is 3.16. The first-order valence-electron chi connectivity index (χ1n) is 7.22. The number of aromatic nitrogens is 3. The predicted molar refractivity (Wildman–Crippen MR) is 88.0 cm³/mol. The molecule has 3 aromatic rings. The van der Waals surface area contributed by atoms with Crippen LogP contribution in [0.2, 0.25) is 0 Å². The number of benzene rings is 2. The number of nitriles is 1. The Morgan fingerprint density at radius 3 is 2.42 bits per heavy atom. The molecule has 0 spiro atoms. The van der Waals surface area contributed by atoms with Crippen LogP contribution in [-0.2, 0) is 10.0 Å². The third-order valence-electron chi connectivity index (χ3n) is 3.38. The van der Waals surface area contributed by atoms with Gasteiger partial charge in [-0.15, -0.1) is 5.10 Å². The standard InChI is InChI=1S/C16H11F2N5O2S/c1-10-20-16(23(21-10)12-4-2-11(9-19)3-5-12)22-26(24,25)13-6-7-14(17)15(18)8-13/h2-8H,1H3,(H,20,21,22). The summed E-state index contributed by atoms with van der Waals surface area (Å²) in [6.45, 7) is 1.56. The van der Waals surface area contributed by atoms with Crippen LogP contribution >= 0.6 is 0 Å². The van der Waals surface area contributed by atoms with Crippen molar-refractivity contribution in [2.75, 3.05) is 4.72 Å². The second-order valence-corrected chi connectivity index (χ2v) is 6.92. The highest BCUT2D eigenvalue weighted by Gasteiger charge is 2.20. The number of nitrogens with zero attached hydrogens (tertiary/aromatic N) is 4. The fraction of sp³-hybridized carbons (Fsp3) is 0.0625. The van der Waals surface area contributed by atoms with Crippen LogP contribution in [0.1, 0.15) is 11.4 Å². The molecule has 0 aliphatic carbocycles.